The molecule has 3 heterocycles. The molecule has 12 heteroatoms. The van der Waals surface area contributed by atoms with Crippen molar-refractivity contribution in [2.24, 2.45) is 13.0 Å². The Hall–Kier alpha value is -2.96. The van der Waals surface area contributed by atoms with E-state index in [1.54, 1.807) is 6.20 Å². The van der Waals surface area contributed by atoms with E-state index >= 15 is 4.39 Å². The van der Waals surface area contributed by atoms with Gasteiger partial charge >= 0.3 is 5.97 Å². The van der Waals surface area contributed by atoms with Gasteiger partial charge in [0.2, 0.25) is 5.85 Å². The number of nitrogens with one attached hydrogen (secondary N) is 1. The van der Waals surface area contributed by atoms with E-state index in [0.717, 1.165) is 35.3 Å². The number of carbonyl (C=O) groups is 3. The molecular formula is C36H44ClFN4O5S. The number of fused-ring (bicyclic) bond motifs is 1. The number of aromatic nitrogens is 1. The summed E-state index contributed by atoms with van der Waals surface area (Å²) in [5, 5.41) is 3.69. The van der Waals surface area contributed by atoms with E-state index in [9.17, 15) is 14.4 Å². The minimum atomic E-state index is -1.35. The molecule has 3 fully saturated rings. The highest BCUT2D eigenvalue weighted by Crippen LogP contribution is 2.38. The summed E-state index contributed by atoms with van der Waals surface area (Å²) in [5.41, 5.74) is 1.64. The molecule has 1 aromatic heterocycles. The first kappa shape index (κ1) is 34.9. The number of benzene rings is 2. The second-order valence-electron chi connectivity index (χ2n) is 12.9. The molecule has 0 spiro atoms. The van der Waals surface area contributed by atoms with Crippen LogP contribution in [-0.4, -0.2) is 88.3 Å². The molecule has 0 bridgehead atoms. The number of Topliss-reactive ketones (excluding diaryl/α,β-unsaturated/α-hetero) is 1. The van der Waals surface area contributed by atoms with E-state index in [-0.39, 0.29) is 46.5 Å². The molecule has 1 N–H and O–H groups in total. The van der Waals surface area contributed by atoms with Crippen LogP contribution in [0.15, 0.2) is 42.6 Å². The van der Waals surface area contributed by atoms with Crippen molar-refractivity contribution >= 4 is 57.6 Å². The zero-order valence-corrected chi connectivity index (χ0v) is 29.2. The number of hydrogen-bond acceptors (Lipinski definition) is 8. The summed E-state index contributed by atoms with van der Waals surface area (Å²) in [5.74, 6) is -1.20. The number of thioether (sulfide) groups is 1. The molecule has 1 aliphatic carbocycles. The number of ether oxygens (including phenoxy) is 2. The van der Waals surface area contributed by atoms with Crippen LogP contribution in [0.2, 0.25) is 5.02 Å². The lowest BCUT2D eigenvalue weighted by molar-refractivity contribution is -0.254. The van der Waals surface area contributed by atoms with E-state index in [0.29, 0.717) is 64.0 Å². The Morgan fingerprint density at radius 2 is 1.71 bits per heavy atom. The minimum Gasteiger partial charge on any atom is -0.466 e. The highest BCUT2D eigenvalue weighted by atomic mass is 35.5. The monoisotopic (exact) mass is 698 g/mol. The third-order valence-corrected chi connectivity index (χ3v) is 11.1. The molecule has 1 amide bonds. The Labute approximate surface area is 290 Å². The van der Waals surface area contributed by atoms with Crippen molar-refractivity contribution < 1.29 is 28.2 Å². The lowest BCUT2D eigenvalue weighted by atomic mass is 9.87. The van der Waals surface area contributed by atoms with Crippen LogP contribution < -0.4 is 5.32 Å². The van der Waals surface area contributed by atoms with Crippen molar-refractivity contribution in [3.63, 3.8) is 0 Å². The van der Waals surface area contributed by atoms with Gasteiger partial charge in [-0.05, 0) is 69.2 Å². The van der Waals surface area contributed by atoms with Gasteiger partial charge in [0, 0.05) is 68.3 Å². The van der Waals surface area contributed by atoms with E-state index < -0.39 is 17.6 Å². The number of anilines is 1. The van der Waals surface area contributed by atoms with Gasteiger partial charge in [0.05, 0.1) is 34.9 Å². The maximum Gasteiger partial charge on any atom is 0.308 e. The molecular weight excluding hydrogens is 655 g/mol. The normalized spacial score (nSPS) is 22.0. The van der Waals surface area contributed by atoms with Crippen LogP contribution in [0.1, 0.15) is 61.4 Å². The molecule has 9 nitrogen and oxygen atoms in total. The molecule has 3 aromatic rings. The SMILES string of the molecule is CCOC(=O)[C@H]1CC[C@H](OC(C(=O)Cc2cc(Cl)c(NC(=O)c3cn(C)c4ccccc34)cc2F)(N2CCCC2)N2CCSCC2)CC1. The molecule has 1 atom stereocenters. The smallest absolute Gasteiger partial charge is 0.308 e. The van der Waals surface area contributed by atoms with Crippen molar-refractivity contribution in [2.75, 3.05) is 49.6 Å². The zero-order valence-electron chi connectivity index (χ0n) is 27.6. The number of halogens is 2. The summed E-state index contributed by atoms with van der Waals surface area (Å²) in [6, 6.07) is 10.2. The minimum absolute atomic E-state index is 0.136. The Morgan fingerprint density at radius 1 is 1.02 bits per heavy atom. The molecule has 6 rings (SSSR count). The lowest BCUT2D eigenvalue weighted by Gasteiger charge is -2.50. The molecule has 1 saturated carbocycles. The quantitative estimate of drug-likeness (QED) is 0.234. The maximum absolute atomic E-state index is 15.9. The number of esters is 1. The average molecular weight is 699 g/mol. The number of aryl methyl sites for hydroxylation is 1. The van der Waals surface area contributed by atoms with Crippen molar-refractivity contribution in [1.82, 2.24) is 14.4 Å². The average Bonchev–Trinajstić information content (AvgIpc) is 3.76. The molecule has 2 aliphatic heterocycles. The Bertz CT molecular complexity index is 1650. The van der Waals surface area contributed by atoms with E-state index in [1.165, 1.54) is 12.1 Å². The van der Waals surface area contributed by atoms with Gasteiger partial charge < -0.3 is 19.4 Å². The topological polar surface area (TPSA) is 93.1 Å². The molecule has 2 aromatic carbocycles. The number of ketones is 1. The number of carbonyl (C=O) groups excluding carboxylic acids is 3. The standard InChI is InChI=1S/C36H44ClFN4O5S/c1-3-46-35(45)24-10-12-26(13-11-24)47-36(41-14-6-7-15-41,42-16-18-48-19-17-42)33(43)21-25-20-29(37)31(22-30(25)38)39-34(44)28-23-40(2)32-9-5-4-8-27(28)32/h4-5,8-9,20,22-24,26H,3,6-7,10-19,21H2,1-2H3,(H,39,44)/t24-,26-,36?. The number of para-hydroxylation sites is 1. The van der Waals surface area contributed by atoms with Gasteiger partial charge in [-0.25, -0.2) is 4.39 Å². The highest BCUT2D eigenvalue weighted by molar-refractivity contribution is 7.99. The molecule has 0 radical (unpaired) electrons. The number of likely N-dealkylation sites (tertiary alicyclic amines) is 1. The van der Waals surface area contributed by atoms with Gasteiger partial charge in [-0.3, -0.25) is 24.2 Å². The predicted octanol–water partition coefficient (Wildman–Crippen LogP) is 6.27. The summed E-state index contributed by atoms with van der Waals surface area (Å²) >= 11 is 8.50. The Balaban J connectivity index is 1.25. The van der Waals surface area contributed by atoms with Crippen molar-refractivity contribution in [3.8, 4) is 0 Å². The first-order valence-corrected chi connectivity index (χ1v) is 18.5. The summed E-state index contributed by atoms with van der Waals surface area (Å²) in [7, 11) is 1.86. The van der Waals surface area contributed by atoms with Gasteiger partial charge in [-0.2, -0.15) is 11.8 Å². The fourth-order valence-electron chi connectivity index (χ4n) is 7.38. The number of amides is 1. The fourth-order valence-corrected chi connectivity index (χ4v) is 8.52. The Morgan fingerprint density at radius 3 is 2.42 bits per heavy atom. The first-order valence-electron chi connectivity index (χ1n) is 17.0. The van der Waals surface area contributed by atoms with E-state index in [4.69, 9.17) is 21.1 Å². The summed E-state index contributed by atoms with van der Waals surface area (Å²) < 4.78 is 30.0. The van der Waals surface area contributed by atoms with Crippen molar-refractivity contribution in [2.45, 2.75) is 63.8 Å². The number of rotatable bonds is 11. The predicted molar refractivity (Wildman–Crippen MR) is 187 cm³/mol. The number of hydrogen-bond donors (Lipinski definition) is 1. The zero-order chi connectivity index (χ0) is 33.8. The van der Waals surface area contributed by atoms with E-state index in [2.05, 4.69) is 15.1 Å². The largest absolute Gasteiger partial charge is 0.466 e. The van der Waals surface area contributed by atoms with Gasteiger partial charge in [0.1, 0.15) is 5.82 Å². The van der Waals surface area contributed by atoms with Gasteiger partial charge in [0.15, 0.2) is 5.78 Å². The third-order valence-electron chi connectivity index (χ3n) is 9.84. The second-order valence-corrected chi connectivity index (χ2v) is 14.5. The van der Waals surface area contributed by atoms with Crippen LogP contribution in [0.5, 0.6) is 0 Å². The first-order chi connectivity index (χ1) is 23.2. The van der Waals surface area contributed by atoms with Gasteiger partial charge in [-0.1, -0.05) is 29.8 Å². The molecule has 3 aliphatic rings. The van der Waals surface area contributed by atoms with Gasteiger partial charge in [-0.15, -0.1) is 0 Å². The van der Waals surface area contributed by atoms with E-state index in [1.807, 2.05) is 54.6 Å². The summed E-state index contributed by atoms with van der Waals surface area (Å²) in [4.78, 5) is 44.7. The summed E-state index contributed by atoms with van der Waals surface area (Å²) in [6.07, 6.45) is 5.73. The summed E-state index contributed by atoms with van der Waals surface area (Å²) in [6.45, 7) is 4.92. The highest BCUT2D eigenvalue weighted by Gasteiger charge is 2.52. The van der Waals surface area contributed by atoms with Crippen LogP contribution in [0.25, 0.3) is 10.9 Å². The van der Waals surface area contributed by atoms with Gasteiger partial charge in [0.25, 0.3) is 5.91 Å². The molecule has 258 valence electrons. The van der Waals surface area contributed by atoms with Crippen LogP contribution in [0.3, 0.4) is 0 Å². The van der Waals surface area contributed by atoms with Crippen LogP contribution >= 0.6 is 23.4 Å². The molecule has 2 saturated heterocycles. The number of nitrogens with zero attached hydrogens (tertiary/aromatic N) is 3. The Kier molecular flexibility index (Phi) is 11.1. The fraction of sp³-hybridized carbons (Fsp3) is 0.528. The second kappa shape index (κ2) is 15.3. The molecule has 48 heavy (non-hydrogen) atoms. The van der Waals surface area contributed by atoms with Crippen LogP contribution in [0.4, 0.5) is 10.1 Å². The molecule has 1 unspecified atom stereocenters. The lowest BCUT2D eigenvalue weighted by Crippen LogP contribution is -2.69. The van der Waals surface area contributed by atoms with Crippen molar-refractivity contribution in [3.05, 3.63) is 64.6 Å². The maximum atomic E-state index is 15.9. The van der Waals surface area contributed by atoms with Crippen LogP contribution in [-0.2, 0) is 32.5 Å². The third kappa shape index (κ3) is 7.16. The van der Waals surface area contributed by atoms with Crippen molar-refractivity contribution in [1.29, 1.82) is 0 Å². The van der Waals surface area contributed by atoms with Crippen LogP contribution in [0, 0.1) is 11.7 Å².